The van der Waals surface area contributed by atoms with Gasteiger partial charge in [0.25, 0.3) is 5.91 Å². The van der Waals surface area contributed by atoms with Crippen molar-refractivity contribution in [1.29, 1.82) is 0 Å². The molecule has 1 aliphatic rings. The van der Waals surface area contributed by atoms with Crippen LogP contribution in [0.1, 0.15) is 27.4 Å². The molecule has 106 valence electrons. The maximum absolute atomic E-state index is 12.5. The lowest BCUT2D eigenvalue weighted by Crippen LogP contribution is -2.26. The predicted octanol–water partition coefficient (Wildman–Crippen LogP) is 1.92. The molecule has 1 aliphatic heterocycles. The number of H-pyrrole nitrogens is 1. The molecular weight excluding hydrogens is 273 g/mol. The molecule has 0 saturated heterocycles. The van der Waals surface area contributed by atoms with Gasteiger partial charge < -0.3 is 9.88 Å². The number of carbonyl (C=O) groups is 1. The largest absolute Gasteiger partial charge is 0.431 e. The first-order chi connectivity index (χ1) is 9.36. The van der Waals surface area contributed by atoms with Gasteiger partial charge in [-0.3, -0.25) is 9.48 Å². The number of carbonyl (C=O) groups excluding carboxylic acids is 1. The highest BCUT2D eigenvalue weighted by molar-refractivity contribution is 5.92. The van der Waals surface area contributed by atoms with Crippen molar-refractivity contribution in [3.8, 4) is 0 Å². The van der Waals surface area contributed by atoms with E-state index in [-0.39, 0.29) is 5.69 Å². The number of aromatic nitrogens is 3. The van der Waals surface area contributed by atoms with E-state index in [1.807, 2.05) is 0 Å². The van der Waals surface area contributed by atoms with Crippen molar-refractivity contribution in [3.63, 3.8) is 0 Å². The Morgan fingerprint density at radius 3 is 2.70 bits per heavy atom. The van der Waals surface area contributed by atoms with E-state index >= 15 is 0 Å². The van der Waals surface area contributed by atoms with E-state index in [1.54, 1.807) is 17.9 Å². The average molecular weight is 284 g/mol. The molecule has 0 aromatic carbocycles. The Kier molecular flexibility index (Phi) is 2.63. The molecule has 0 aliphatic carbocycles. The standard InChI is InChI=1S/C12H11F3N4O/c1-18-9-6-19(5-7(9)4-16-18)11(20)8-2-3-10(17-8)12(13,14)15/h2-4,17H,5-6H2,1H3. The number of hydrogen-bond donors (Lipinski definition) is 1. The van der Waals surface area contributed by atoms with Crippen LogP contribution in [-0.2, 0) is 26.3 Å². The molecule has 2 aromatic heterocycles. The zero-order chi connectivity index (χ0) is 14.5. The van der Waals surface area contributed by atoms with Crippen LogP contribution in [-0.4, -0.2) is 25.6 Å². The van der Waals surface area contributed by atoms with Crippen LogP contribution in [0.4, 0.5) is 13.2 Å². The molecule has 8 heteroatoms. The van der Waals surface area contributed by atoms with Crippen LogP contribution in [0, 0.1) is 0 Å². The highest BCUT2D eigenvalue weighted by Gasteiger charge is 2.34. The van der Waals surface area contributed by atoms with Gasteiger partial charge in [0.15, 0.2) is 0 Å². The van der Waals surface area contributed by atoms with Crippen molar-refractivity contribution in [2.45, 2.75) is 19.3 Å². The Morgan fingerprint density at radius 2 is 2.10 bits per heavy atom. The van der Waals surface area contributed by atoms with Gasteiger partial charge in [-0.25, -0.2) is 0 Å². The van der Waals surface area contributed by atoms with Gasteiger partial charge in [-0.2, -0.15) is 18.3 Å². The zero-order valence-corrected chi connectivity index (χ0v) is 10.5. The average Bonchev–Trinajstić information content (AvgIpc) is 3.04. The number of alkyl halides is 3. The van der Waals surface area contributed by atoms with E-state index in [2.05, 4.69) is 10.1 Å². The number of nitrogens with zero attached hydrogens (tertiary/aromatic N) is 3. The summed E-state index contributed by atoms with van der Waals surface area (Å²) in [5.74, 6) is -0.448. The summed E-state index contributed by atoms with van der Waals surface area (Å²) in [7, 11) is 1.77. The summed E-state index contributed by atoms with van der Waals surface area (Å²) < 4.78 is 39.1. The first kappa shape index (κ1) is 12.8. The van der Waals surface area contributed by atoms with Gasteiger partial charge in [0.1, 0.15) is 11.4 Å². The summed E-state index contributed by atoms with van der Waals surface area (Å²) in [5.41, 5.74) is 0.849. The summed E-state index contributed by atoms with van der Waals surface area (Å²) in [6.07, 6.45) is -2.81. The number of halogens is 3. The van der Waals surface area contributed by atoms with Crippen LogP contribution in [0.15, 0.2) is 18.3 Å². The summed E-state index contributed by atoms with van der Waals surface area (Å²) in [6, 6.07) is 2.03. The van der Waals surface area contributed by atoms with E-state index in [0.29, 0.717) is 13.1 Å². The Morgan fingerprint density at radius 1 is 1.35 bits per heavy atom. The third kappa shape index (κ3) is 1.97. The first-order valence-corrected chi connectivity index (χ1v) is 5.91. The molecule has 1 amide bonds. The van der Waals surface area contributed by atoms with Crippen molar-refractivity contribution >= 4 is 5.91 Å². The van der Waals surface area contributed by atoms with Gasteiger partial charge in [-0.05, 0) is 12.1 Å². The fourth-order valence-electron chi connectivity index (χ4n) is 2.29. The first-order valence-electron chi connectivity index (χ1n) is 5.91. The maximum atomic E-state index is 12.5. The second-order valence-corrected chi connectivity index (χ2v) is 4.68. The van der Waals surface area contributed by atoms with E-state index in [1.165, 1.54) is 4.90 Å². The summed E-state index contributed by atoms with van der Waals surface area (Å²) in [5, 5.41) is 4.06. The van der Waals surface area contributed by atoms with Gasteiger partial charge >= 0.3 is 6.18 Å². The lowest BCUT2D eigenvalue weighted by atomic mass is 10.3. The van der Waals surface area contributed by atoms with Crippen LogP contribution in [0.3, 0.4) is 0 Å². The molecule has 3 rings (SSSR count). The molecule has 0 saturated carbocycles. The number of aromatic amines is 1. The Bertz CT molecular complexity index is 671. The SMILES string of the molecule is Cn1ncc2c1CN(C(=O)c1ccc(C(F)(F)F)[nH]1)C2. The molecule has 2 aromatic rings. The molecule has 3 heterocycles. The van der Waals surface area contributed by atoms with Gasteiger partial charge in [0.05, 0.1) is 18.4 Å². The Labute approximate surface area is 112 Å². The number of hydrogen-bond acceptors (Lipinski definition) is 2. The second-order valence-electron chi connectivity index (χ2n) is 4.68. The summed E-state index contributed by atoms with van der Waals surface area (Å²) >= 11 is 0. The molecular formula is C12H11F3N4O. The van der Waals surface area contributed by atoms with Gasteiger partial charge in [0.2, 0.25) is 0 Å². The van der Waals surface area contributed by atoms with Crippen LogP contribution in [0.2, 0.25) is 0 Å². The molecule has 1 N–H and O–H groups in total. The highest BCUT2D eigenvalue weighted by Crippen LogP contribution is 2.29. The quantitative estimate of drug-likeness (QED) is 0.870. The Hall–Kier alpha value is -2.25. The fraction of sp³-hybridized carbons (Fsp3) is 0.333. The van der Waals surface area contributed by atoms with Gasteiger partial charge in [-0.1, -0.05) is 0 Å². The maximum Gasteiger partial charge on any atom is 0.431 e. The monoisotopic (exact) mass is 284 g/mol. The van der Waals surface area contributed by atoms with Gasteiger partial charge in [0, 0.05) is 19.2 Å². The predicted molar refractivity (Wildman–Crippen MR) is 62.6 cm³/mol. The van der Waals surface area contributed by atoms with Crippen LogP contribution < -0.4 is 0 Å². The molecule has 0 atom stereocenters. The number of nitrogens with one attached hydrogen (secondary N) is 1. The third-order valence-electron chi connectivity index (χ3n) is 3.36. The van der Waals surface area contributed by atoms with E-state index in [9.17, 15) is 18.0 Å². The van der Waals surface area contributed by atoms with Crippen molar-refractivity contribution in [1.82, 2.24) is 19.7 Å². The van der Waals surface area contributed by atoms with Crippen molar-refractivity contribution < 1.29 is 18.0 Å². The minimum atomic E-state index is -4.48. The van der Waals surface area contributed by atoms with E-state index in [4.69, 9.17) is 0 Å². The zero-order valence-electron chi connectivity index (χ0n) is 10.5. The van der Waals surface area contributed by atoms with Crippen molar-refractivity contribution in [2.75, 3.05) is 0 Å². The molecule has 20 heavy (non-hydrogen) atoms. The summed E-state index contributed by atoms with van der Waals surface area (Å²) in [6.45, 7) is 0.716. The third-order valence-corrected chi connectivity index (χ3v) is 3.36. The lowest BCUT2D eigenvalue weighted by molar-refractivity contribution is -0.140. The summed E-state index contributed by atoms with van der Waals surface area (Å²) in [4.78, 5) is 15.8. The fourth-order valence-corrected chi connectivity index (χ4v) is 2.29. The Balaban J connectivity index is 1.80. The minimum Gasteiger partial charge on any atom is -0.347 e. The number of rotatable bonds is 1. The smallest absolute Gasteiger partial charge is 0.347 e. The number of fused-ring (bicyclic) bond motifs is 1. The normalized spacial score (nSPS) is 14.7. The van der Waals surface area contributed by atoms with Crippen molar-refractivity contribution in [3.05, 3.63) is 41.0 Å². The molecule has 5 nitrogen and oxygen atoms in total. The number of amides is 1. The molecule has 0 unspecified atom stereocenters. The topological polar surface area (TPSA) is 53.9 Å². The van der Waals surface area contributed by atoms with Crippen LogP contribution >= 0.6 is 0 Å². The van der Waals surface area contributed by atoms with Crippen LogP contribution in [0.5, 0.6) is 0 Å². The van der Waals surface area contributed by atoms with Gasteiger partial charge in [-0.15, -0.1) is 0 Å². The highest BCUT2D eigenvalue weighted by atomic mass is 19.4. The lowest BCUT2D eigenvalue weighted by Gasteiger charge is -2.14. The second kappa shape index (κ2) is 4.12. The van der Waals surface area contributed by atoms with E-state index in [0.717, 1.165) is 23.4 Å². The molecule has 0 radical (unpaired) electrons. The molecule has 0 bridgehead atoms. The van der Waals surface area contributed by atoms with E-state index < -0.39 is 17.8 Å². The molecule has 0 spiro atoms. The van der Waals surface area contributed by atoms with Crippen LogP contribution in [0.25, 0.3) is 0 Å². The number of aryl methyl sites for hydroxylation is 1. The molecule has 0 fully saturated rings. The minimum absolute atomic E-state index is 0.0573. The van der Waals surface area contributed by atoms with Crippen molar-refractivity contribution in [2.24, 2.45) is 7.05 Å².